The van der Waals surface area contributed by atoms with Crippen molar-refractivity contribution in [2.75, 3.05) is 17.9 Å². The van der Waals surface area contributed by atoms with Crippen LogP contribution >= 0.6 is 11.6 Å². The molecule has 0 aliphatic rings. The topological polar surface area (TPSA) is 105 Å². The predicted octanol–water partition coefficient (Wildman–Crippen LogP) is 6.22. The fourth-order valence-electron chi connectivity index (χ4n) is 4.52. The number of unbranched alkanes of at least 4 members (excludes halogenated alkanes) is 1. The third kappa shape index (κ3) is 10.1. The summed E-state index contributed by atoms with van der Waals surface area (Å²) in [6.45, 7) is 2.28. The van der Waals surface area contributed by atoms with E-state index in [1.807, 2.05) is 37.3 Å². The van der Waals surface area contributed by atoms with E-state index in [1.54, 1.807) is 24.3 Å². The number of hydrogen-bond donors (Lipinski definition) is 2. The van der Waals surface area contributed by atoms with E-state index >= 15 is 0 Å². The summed E-state index contributed by atoms with van der Waals surface area (Å²) in [6, 6.07) is 26.2. The van der Waals surface area contributed by atoms with Gasteiger partial charge in [0.25, 0.3) is 15.9 Å². The molecule has 0 aliphatic heterocycles. The maximum absolute atomic E-state index is 13.8. The summed E-state index contributed by atoms with van der Waals surface area (Å²) in [7, 11) is -3.94. The van der Waals surface area contributed by atoms with Crippen molar-refractivity contribution < 1.29 is 27.1 Å². The van der Waals surface area contributed by atoms with Crippen LogP contribution in [0, 0.1) is 5.82 Å². The molecule has 236 valence electrons. The second kappa shape index (κ2) is 16.1. The Hall–Kier alpha value is -4.41. The highest BCUT2D eigenvalue weighted by molar-refractivity contribution is 7.92. The predicted molar refractivity (Wildman–Crippen MR) is 173 cm³/mol. The Kier molecular flexibility index (Phi) is 11.9. The molecule has 0 fully saturated rings. The number of carbonyl (C=O) groups excluding carboxylic acids is 2. The van der Waals surface area contributed by atoms with Gasteiger partial charge in [0.1, 0.15) is 17.6 Å². The van der Waals surface area contributed by atoms with Crippen molar-refractivity contribution in [2.45, 2.75) is 43.7 Å². The van der Waals surface area contributed by atoms with Gasteiger partial charge in [0, 0.05) is 30.2 Å². The minimum Gasteiger partial charge on any atom is -0.484 e. The van der Waals surface area contributed by atoms with Crippen LogP contribution in [0.3, 0.4) is 0 Å². The average molecular weight is 652 g/mol. The maximum atomic E-state index is 13.8. The summed E-state index contributed by atoms with van der Waals surface area (Å²) in [6.07, 6.45) is 2.02. The summed E-state index contributed by atoms with van der Waals surface area (Å²) in [4.78, 5) is 28.7. The van der Waals surface area contributed by atoms with Crippen LogP contribution in [0.4, 0.5) is 10.1 Å². The zero-order valence-corrected chi connectivity index (χ0v) is 26.4. The van der Waals surface area contributed by atoms with E-state index in [0.717, 1.165) is 36.1 Å². The van der Waals surface area contributed by atoms with E-state index in [4.69, 9.17) is 16.3 Å². The lowest BCUT2D eigenvalue weighted by molar-refractivity contribution is -0.142. The Morgan fingerprint density at radius 1 is 0.889 bits per heavy atom. The maximum Gasteiger partial charge on any atom is 0.261 e. The van der Waals surface area contributed by atoms with E-state index in [0.29, 0.717) is 18.0 Å². The quantitative estimate of drug-likeness (QED) is 0.149. The summed E-state index contributed by atoms with van der Waals surface area (Å²) in [5, 5.41) is 3.52. The Balaban J connectivity index is 1.52. The number of halogens is 2. The Morgan fingerprint density at radius 2 is 1.56 bits per heavy atom. The largest absolute Gasteiger partial charge is 0.484 e. The van der Waals surface area contributed by atoms with Gasteiger partial charge < -0.3 is 15.0 Å². The SMILES string of the molecule is CCCCNC(=O)C(Cc1ccccc1)N(Cc1ccc(Cl)cc1)C(=O)COc1ccc(S(=O)(=O)Nc2ccc(F)cc2)cc1. The highest BCUT2D eigenvalue weighted by Crippen LogP contribution is 2.21. The number of sulfonamides is 1. The minimum atomic E-state index is -3.94. The number of nitrogens with zero attached hydrogens (tertiary/aromatic N) is 1. The van der Waals surface area contributed by atoms with Gasteiger partial charge in [-0.2, -0.15) is 0 Å². The molecule has 0 spiro atoms. The van der Waals surface area contributed by atoms with Gasteiger partial charge in [-0.25, -0.2) is 12.8 Å². The number of hydrogen-bond acceptors (Lipinski definition) is 5. The van der Waals surface area contributed by atoms with Gasteiger partial charge in [-0.05, 0) is 78.2 Å². The number of carbonyl (C=O) groups is 2. The van der Waals surface area contributed by atoms with E-state index < -0.39 is 27.8 Å². The summed E-state index contributed by atoms with van der Waals surface area (Å²) in [5.74, 6) is -0.907. The van der Waals surface area contributed by atoms with Crippen molar-refractivity contribution in [3.05, 3.63) is 125 Å². The van der Waals surface area contributed by atoms with Crippen molar-refractivity contribution in [2.24, 2.45) is 0 Å². The normalized spacial score (nSPS) is 11.8. The second-order valence-electron chi connectivity index (χ2n) is 10.4. The molecule has 1 unspecified atom stereocenters. The minimum absolute atomic E-state index is 0.0402. The molecular formula is C34H35ClFN3O5S. The van der Waals surface area contributed by atoms with Crippen molar-refractivity contribution in [3.8, 4) is 5.75 Å². The molecule has 45 heavy (non-hydrogen) atoms. The summed E-state index contributed by atoms with van der Waals surface area (Å²) >= 11 is 6.09. The van der Waals surface area contributed by atoms with Crippen molar-refractivity contribution in [1.82, 2.24) is 10.2 Å². The highest BCUT2D eigenvalue weighted by atomic mass is 35.5. The van der Waals surface area contributed by atoms with Gasteiger partial charge in [-0.3, -0.25) is 14.3 Å². The van der Waals surface area contributed by atoms with Crippen LogP contribution in [0.15, 0.2) is 108 Å². The van der Waals surface area contributed by atoms with E-state index in [1.165, 1.54) is 41.3 Å². The van der Waals surface area contributed by atoms with Crippen LogP contribution in [0.2, 0.25) is 5.02 Å². The highest BCUT2D eigenvalue weighted by Gasteiger charge is 2.30. The van der Waals surface area contributed by atoms with Gasteiger partial charge in [-0.1, -0.05) is 67.4 Å². The van der Waals surface area contributed by atoms with Crippen LogP contribution in [0.1, 0.15) is 30.9 Å². The van der Waals surface area contributed by atoms with E-state index in [-0.39, 0.29) is 35.4 Å². The number of anilines is 1. The Bertz CT molecular complexity index is 1650. The van der Waals surface area contributed by atoms with Crippen LogP contribution in [0.5, 0.6) is 5.75 Å². The molecular weight excluding hydrogens is 617 g/mol. The van der Waals surface area contributed by atoms with Crippen LogP contribution in [-0.2, 0) is 32.6 Å². The summed E-state index contributed by atoms with van der Waals surface area (Å²) in [5.41, 5.74) is 1.90. The molecule has 0 aromatic heterocycles. The van der Waals surface area contributed by atoms with Crippen molar-refractivity contribution in [1.29, 1.82) is 0 Å². The summed E-state index contributed by atoms with van der Waals surface area (Å²) < 4.78 is 46.9. The molecule has 1 atom stereocenters. The fourth-order valence-corrected chi connectivity index (χ4v) is 5.71. The first-order chi connectivity index (χ1) is 21.6. The molecule has 0 radical (unpaired) electrons. The monoisotopic (exact) mass is 651 g/mol. The molecule has 0 saturated carbocycles. The third-order valence-corrected chi connectivity index (χ3v) is 8.61. The molecule has 0 heterocycles. The molecule has 0 aliphatic carbocycles. The molecule has 4 aromatic carbocycles. The molecule has 4 aromatic rings. The number of benzene rings is 4. The number of ether oxygens (including phenoxy) is 1. The average Bonchev–Trinajstić information content (AvgIpc) is 3.04. The lowest BCUT2D eigenvalue weighted by Gasteiger charge is -2.31. The van der Waals surface area contributed by atoms with Crippen molar-refractivity contribution in [3.63, 3.8) is 0 Å². The molecule has 2 amide bonds. The number of nitrogens with one attached hydrogen (secondary N) is 2. The number of rotatable bonds is 15. The number of amides is 2. The van der Waals surface area contributed by atoms with Crippen LogP contribution in [-0.4, -0.2) is 44.3 Å². The second-order valence-corrected chi connectivity index (χ2v) is 12.5. The van der Waals surface area contributed by atoms with Gasteiger partial charge >= 0.3 is 0 Å². The van der Waals surface area contributed by atoms with Crippen LogP contribution in [0.25, 0.3) is 0 Å². The lowest BCUT2D eigenvalue weighted by atomic mass is 10.0. The molecule has 2 N–H and O–H groups in total. The van der Waals surface area contributed by atoms with Gasteiger partial charge in [0.2, 0.25) is 5.91 Å². The van der Waals surface area contributed by atoms with Gasteiger partial charge in [0.15, 0.2) is 6.61 Å². The van der Waals surface area contributed by atoms with Gasteiger partial charge in [0.05, 0.1) is 4.90 Å². The van der Waals surface area contributed by atoms with E-state index in [9.17, 15) is 22.4 Å². The molecule has 8 nitrogen and oxygen atoms in total. The van der Waals surface area contributed by atoms with Gasteiger partial charge in [-0.15, -0.1) is 0 Å². The van der Waals surface area contributed by atoms with E-state index in [2.05, 4.69) is 10.0 Å². The Morgan fingerprint density at radius 3 is 2.20 bits per heavy atom. The fraction of sp³-hybridized carbons (Fsp3) is 0.235. The van der Waals surface area contributed by atoms with Crippen LogP contribution < -0.4 is 14.8 Å². The first-order valence-corrected chi connectivity index (χ1v) is 16.4. The third-order valence-electron chi connectivity index (χ3n) is 6.96. The molecule has 11 heteroatoms. The zero-order chi connectivity index (χ0) is 32.2. The standard InChI is InChI=1S/C34H35ClFN3O5S/c1-2-3-21-37-34(41)32(22-25-7-5-4-6-8-25)39(23-26-9-11-27(35)12-10-26)33(40)24-44-30-17-19-31(20-18-30)45(42,43)38-29-15-13-28(36)14-16-29/h4-20,32,38H,2-3,21-24H2,1H3,(H,37,41). The zero-order valence-electron chi connectivity index (χ0n) is 24.8. The molecule has 0 bridgehead atoms. The first-order valence-electron chi connectivity index (χ1n) is 14.5. The first kappa shape index (κ1) is 33.5. The smallest absolute Gasteiger partial charge is 0.261 e. The molecule has 4 rings (SSSR count). The molecule has 0 saturated heterocycles. The lowest BCUT2D eigenvalue weighted by Crippen LogP contribution is -2.51. The Labute approximate surface area is 268 Å². The van der Waals surface area contributed by atoms with Crippen molar-refractivity contribution >= 4 is 39.1 Å².